The highest BCUT2D eigenvalue weighted by molar-refractivity contribution is 8.00. The number of thioether (sulfide) groups is 1. The molecule has 1 saturated heterocycles. The number of benzene rings is 1. The lowest BCUT2D eigenvalue weighted by molar-refractivity contribution is 0.721. The Hall–Kier alpha value is -1.26. The number of nitrogens with zero attached hydrogens (tertiary/aromatic N) is 2. The van der Waals surface area contributed by atoms with Crippen LogP contribution in [0, 0.1) is 0 Å². The fraction of sp³-hybridized carbons (Fsp3) is 0.471. The van der Waals surface area contributed by atoms with Gasteiger partial charge in [0.05, 0.1) is 0 Å². The molecule has 1 aliphatic rings. The zero-order chi connectivity index (χ0) is 14.7. The Kier molecular flexibility index (Phi) is 4.66. The molecule has 2 aromatic rings. The van der Waals surface area contributed by atoms with Crippen LogP contribution in [0.15, 0.2) is 30.5 Å². The lowest BCUT2D eigenvalue weighted by Crippen LogP contribution is -2.38. The van der Waals surface area contributed by atoms with Crippen molar-refractivity contribution in [1.82, 2.24) is 10.3 Å². The third-order valence-corrected chi connectivity index (χ3v) is 5.49. The number of hydrogen-bond acceptors (Lipinski definition) is 4. The van der Waals surface area contributed by atoms with E-state index in [2.05, 4.69) is 53.2 Å². The van der Waals surface area contributed by atoms with Crippen molar-refractivity contribution in [3.8, 4) is 0 Å². The smallest absolute Gasteiger partial charge is 0.136 e. The average molecular weight is 301 g/mol. The maximum absolute atomic E-state index is 4.79. The molecule has 3 rings (SSSR count). The van der Waals surface area contributed by atoms with E-state index < -0.39 is 0 Å². The molecule has 21 heavy (non-hydrogen) atoms. The van der Waals surface area contributed by atoms with E-state index in [9.17, 15) is 0 Å². The second kappa shape index (κ2) is 6.67. The number of fused-ring (bicyclic) bond motifs is 1. The number of nitrogens with one attached hydrogen (secondary N) is 1. The summed E-state index contributed by atoms with van der Waals surface area (Å²) >= 11 is 2.10. The van der Waals surface area contributed by atoms with Crippen molar-refractivity contribution in [2.24, 2.45) is 0 Å². The Labute approximate surface area is 131 Å². The van der Waals surface area contributed by atoms with Crippen molar-refractivity contribution in [3.05, 3.63) is 36.0 Å². The van der Waals surface area contributed by atoms with Crippen LogP contribution in [-0.4, -0.2) is 36.1 Å². The topological polar surface area (TPSA) is 28.2 Å². The van der Waals surface area contributed by atoms with Gasteiger partial charge in [-0.05, 0) is 24.4 Å². The predicted octanol–water partition coefficient (Wildman–Crippen LogP) is 3.29. The van der Waals surface area contributed by atoms with E-state index in [1.165, 1.54) is 28.5 Å². The van der Waals surface area contributed by atoms with E-state index in [4.69, 9.17) is 4.98 Å². The van der Waals surface area contributed by atoms with Gasteiger partial charge in [-0.25, -0.2) is 4.98 Å². The van der Waals surface area contributed by atoms with Crippen LogP contribution in [0.5, 0.6) is 0 Å². The molecule has 0 saturated carbocycles. The van der Waals surface area contributed by atoms with Crippen LogP contribution < -0.4 is 10.2 Å². The van der Waals surface area contributed by atoms with E-state index in [1.807, 2.05) is 13.2 Å². The van der Waals surface area contributed by atoms with E-state index in [1.54, 1.807) is 0 Å². The Morgan fingerprint density at radius 2 is 2.14 bits per heavy atom. The van der Waals surface area contributed by atoms with Gasteiger partial charge in [-0.2, -0.15) is 11.8 Å². The highest BCUT2D eigenvalue weighted by Gasteiger charge is 2.21. The molecule has 1 unspecified atom stereocenters. The van der Waals surface area contributed by atoms with Crippen molar-refractivity contribution < 1.29 is 0 Å². The largest absolute Gasteiger partial charge is 0.354 e. The average Bonchev–Trinajstić information content (AvgIpc) is 2.55. The molecule has 2 heterocycles. The van der Waals surface area contributed by atoms with E-state index in [-0.39, 0.29) is 0 Å². The number of aromatic nitrogens is 1. The molecule has 0 bridgehead atoms. The van der Waals surface area contributed by atoms with Gasteiger partial charge in [0.2, 0.25) is 0 Å². The number of hydrogen-bond donors (Lipinski definition) is 1. The van der Waals surface area contributed by atoms with Gasteiger partial charge < -0.3 is 10.2 Å². The molecule has 0 spiro atoms. The van der Waals surface area contributed by atoms with Gasteiger partial charge in [-0.15, -0.1) is 0 Å². The molecule has 1 aromatic heterocycles. The van der Waals surface area contributed by atoms with Crippen LogP contribution in [0.4, 0.5) is 5.82 Å². The fourth-order valence-electron chi connectivity index (χ4n) is 2.98. The van der Waals surface area contributed by atoms with Crippen LogP contribution in [0.25, 0.3) is 10.8 Å². The van der Waals surface area contributed by atoms with Gasteiger partial charge in [0.1, 0.15) is 5.82 Å². The molecule has 1 N–H and O–H groups in total. The Bertz CT molecular complexity index is 614. The summed E-state index contributed by atoms with van der Waals surface area (Å²) in [4.78, 5) is 7.26. The Morgan fingerprint density at radius 3 is 2.90 bits per heavy atom. The summed E-state index contributed by atoms with van der Waals surface area (Å²) < 4.78 is 0. The minimum atomic E-state index is 0.733. The van der Waals surface area contributed by atoms with Crippen LogP contribution >= 0.6 is 11.8 Å². The molecule has 0 aliphatic carbocycles. The molecular weight excluding hydrogens is 278 g/mol. The SMILES string of the molecule is CCC1CN(c2ncc(CNC)c3ccccc23)CCS1. The van der Waals surface area contributed by atoms with Gasteiger partial charge in [0.15, 0.2) is 0 Å². The van der Waals surface area contributed by atoms with E-state index in [0.29, 0.717) is 0 Å². The van der Waals surface area contributed by atoms with Gasteiger partial charge >= 0.3 is 0 Å². The van der Waals surface area contributed by atoms with Crippen molar-refractivity contribution >= 4 is 28.4 Å². The molecule has 1 fully saturated rings. The lowest BCUT2D eigenvalue weighted by atomic mass is 10.1. The predicted molar refractivity (Wildman–Crippen MR) is 93.3 cm³/mol. The van der Waals surface area contributed by atoms with Crippen molar-refractivity contribution in [2.75, 3.05) is 30.8 Å². The van der Waals surface area contributed by atoms with Crippen LogP contribution in [0.2, 0.25) is 0 Å². The number of rotatable bonds is 4. The monoisotopic (exact) mass is 301 g/mol. The summed E-state index contributed by atoms with van der Waals surface area (Å²) in [5.74, 6) is 2.36. The molecule has 4 heteroatoms. The standard InChI is InChI=1S/C17H23N3S/c1-3-14-12-20(8-9-21-14)17-16-7-5-4-6-15(16)13(10-18-2)11-19-17/h4-7,11,14,18H,3,8-10,12H2,1-2H3. The van der Waals surface area contributed by atoms with Gasteiger partial charge in [-0.1, -0.05) is 31.2 Å². The summed E-state index contributed by atoms with van der Waals surface area (Å²) in [6.45, 7) is 5.36. The zero-order valence-electron chi connectivity index (χ0n) is 12.8. The first-order valence-electron chi connectivity index (χ1n) is 7.71. The molecule has 0 amide bonds. The fourth-order valence-corrected chi connectivity index (χ4v) is 4.16. The van der Waals surface area contributed by atoms with Crippen molar-refractivity contribution in [2.45, 2.75) is 25.1 Å². The number of pyridine rings is 1. The first-order chi connectivity index (χ1) is 10.3. The first kappa shape index (κ1) is 14.7. The summed E-state index contributed by atoms with van der Waals surface area (Å²) in [5.41, 5.74) is 1.27. The summed E-state index contributed by atoms with van der Waals surface area (Å²) in [5, 5.41) is 6.57. The van der Waals surface area contributed by atoms with Crippen LogP contribution in [-0.2, 0) is 6.54 Å². The van der Waals surface area contributed by atoms with Gasteiger partial charge in [0, 0.05) is 42.2 Å². The maximum atomic E-state index is 4.79. The highest BCUT2D eigenvalue weighted by Crippen LogP contribution is 2.31. The third-order valence-electron chi connectivity index (χ3n) is 4.12. The highest BCUT2D eigenvalue weighted by atomic mass is 32.2. The second-order valence-electron chi connectivity index (χ2n) is 5.53. The zero-order valence-corrected chi connectivity index (χ0v) is 13.6. The second-order valence-corrected chi connectivity index (χ2v) is 6.94. The quantitative estimate of drug-likeness (QED) is 0.938. The molecule has 112 valence electrons. The first-order valence-corrected chi connectivity index (χ1v) is 8.76. The minimum absolute atomic E-state index is 0.733. The van der Waals surface area contributed by atoms with Crippen molar-refractivity contribution in [3.63, 3.8) is 0 Å². The van der Waals surface area contributed by atoms with E-state index in [0.717, 1.165) is 30.7 Å². The summed E-state index contributed by atoms with van der Waals surface area (Å²) in [7, 11) is 1.98. The Morgan fingerprint density at radius 1 is 1.33 bits per heavy atom. The van der Waals surface area contributed by atoms with Crippen LogP contribution in [0.1, 0.15) is 18.9 Å². The van der Waals surface area contributed by atoms with Gasteiger partial charge in [-0.3, -0.25) is 0 Å². The molecule has 1 aliphatic heterocycles. The summed E-state index contributed by atoms with van der Waals surface area (Å²) in [6.07, 6.45) is 3.27. The third kappa shape index (κ3) is 3.01. The minimum Gasteiger partial charge on any atom is -0.354 e. The molecular formula is C17H23N3S. The number of anilines is 1. The maximum Gasteiger partial charge on any atom is 0.136 e. The molecule has 1 atom stereocenters. The van der Waals surface area contributed by atoms with E-state index >= 15 is 0 Å². The molecule has 1 aromatic carbocycles. The van der Waals surface area contributed by atoms with Crippen LogP contribution in [0.3, 0.4) is 0 Å². The van der Waals surface area contributed by atoms with Crippen molar-refractivity contribution in [1.29, 1.82) is 0 Å². The lowest BCUT2D eigenvalue weighted by Gasteiger charge is -2.33. The normalized spacial score (nSPS) is 19.1. The summed E-state index contributed by atoms with van der Waals surface area (Å²) in [6, 6.07) is 8.65. The van der Waals surface area contributed by atoms with Gasteiger partial charge in [0.25, 0.3) is 0 Å². The molecule has 0 radical (unpaired) electrons. The Balaban J connectivity index is 2.01. The molecule has 3 nitrogen and oxygen atoms in total.